The van der Waals surface area contributed by atoms with Gasteiger partial charge in [0.05, 0.1) is 18.3 Å². The zero-order chi connectivity index (χ0) is 37.3. The lowest BCUT2D eigenvalue weighted by atomic mass is 9.81. The first-order valence-electron chi connectivity index (χ1n) is 19.1. The Morgan fingerprint density at radius 3 is 1.81 bits per heavy atom. The van der Waals surface area contributed by atoms with Crippen molar-refractivity contribution in [3.8, 4) is 0 Å². The Bertz CT molecular complexity index is 1080. The summed E-state index contributed by atoms with van der Waals surface area (Å²) in [6.07, 6.45) is 17.9. The standard InChI is InChI=1S/C42H78O4Si2/c1-18-19-22-31(3)38(44)35(7)40(46-48(16,17)42(11,12)13)34(6)28-30(2)27-33(5)39(45-47(14,15)41(8,9)10)32(4)25-26-37(43)29-36-23-20-21-24-36/h18-19,22,25-27,31-36,38-40,44H,1,20-21,23-24,28-29H2,2-17H3/b22-19-,26-25-,30-27-/t31-,32-,33-,34-,35+,38-,39-,40+/m0/s1. The number of rotatable bonds is 19. The fraction of sp³-hybridized carbons (Fsp3) is 0.786. The first kappa shape index (κ1) is 45.0. The molecule has 0 aliphatic heterocycles. The van der Waals surface area contributed by atoms with Crippen molar-refractivity contribution in [2.45, 2.75) is 176 Å². The Labute approximate surface area is 300 Å². The SMILES string of the molecule is C=C/C=C\[C@H](C)[C@H](O)[C@@H](C)[C@H](O[Si](C)(C)C(C)(C)C)[C@@H](C)C/C(C)=C\[C@H](C)[C@@H](O[Si](C)(C)C(C)(C)C)[C@@H](C)/C=C\C(=O)CC1CCCC1. The van der Waals surface area contributed by atoms with Crippen LogP contribution in [0.3, 0.4) is 0 Å². The van der Waals surface area contributed by atoms with E-state index in [2.05, 4.69) is 128 Å². The maximum Gasteiger partial charge on any atom is 0.192 e. The molecule has 6 heteroatoms. The highest BCUT2D eigenvalue weighted by atomic mass is 28.4. The Morgan fingerprint density at radius 1 is 0.833 bits per heavy atom. The maximum atomic E-state index is 12.9. The van der Waals surface area contributed by atoms with E-state index in [4.69, 9.17) is 8.85 Å². The molecule has 0 heterocycles. The van der Waals surface area contributed by atoms with Gasteiger partial charge < -0.3 is 14.0 Å². The molecule has 0 saturated heterocycles. The molecule has 0 bridgehead atoms. The van der Waals surface area contributed by atoms with Crippen LogP contribution >= 0.6 is 0 Å². The van der Waals surface area contributed by atoms with E-state index in [1.165, 1.54) is 31.3 Å². The molecule has 0 radical (unpaired) electrons. The molecule has 0 amide bonds. The highest BCUT2D eigenvalue weighted by Gasteiger charge is 2.43. The molecule has 48 heavy (non-hydrogen) atoms. The first-order chi connectivity index (χ1) is 21.8. The summed E-state index contributed by atoms with van der Waals surface area (Å²) in [5, 5.41) is 11.6. The third kappa shape index (κ3) is 13.9. The molecule has 0 aromatic rings. The fourth-order valence-electron chi connectivity index (χ4n) is 6.68. The molecule has 1 saturated carbocycles. The second kappa shape index (κ2) is 19.0. The molecule has 0 aromatic carbocycles. The molecule has 1 aliphatic carbocycles. The Morgan fingerprint density at radius 2 is 1.33 bits per heavy atom. The minimum absolute atomic E-state index is 0.000194. The van der Waals surface area contributed by atoms with Crippen molar-refractivity contribution in [1.82, 2.24) is 0 Å². The van der Waals surface area contributed by atoms with Crippen LogP contribution in [0, 0.1) is 35.5 Å². The van der Waals surface area contributed by atoms with Gasteiger partial charge in [-0.1, -0.05) is 144 Å². The van der Waals surface area contributed by atoms with Gasteiger partial charge in [0.1, 0.15) is 0 Å². The second-order valence-electron chi connectivity index (χ2n) is 18.6. The van der Waals surface area contributed by atoms with E-state index in [0.717, 1.165) is 6.42 Å². The Balaban J connectivity index is 3.35. The van der Waals surface area contributed by atoms with Crippen LogP contribution < -0.4 is 0 Å². The van der Waals surface area contributed by atoms with E-state index in [0.29, 0.717) is 12.3 Å². The molecule has 1 fully saturated rings. The third-order valence-electron chi connectivity index (χ3n) is 12.0. The van der Waals surface area contributed by atoms with Crippen LogP contribution in [0.5, 0.6) is 0 Å². The normalized spacial score (nSPS) is 21.2. The summed E-state index contributed by atoms with van der Waals surface area (Å²) in [4.78, 5) is 12.9. The summed E-state index contributed by atoms with van der Waals surface area (Å²) < 4.78 is 14.3. The van der Waals surface area contributed by atoms with Crippen LogP contribution in [0.25, 0.3) is 0 Å². The molecular weight excluding hydrogens is 625 g/mol. The summed E-state index contributed by atoms with van der Waals surface area (Å²) in [5.41, 5.74) is 1.32. The minimum atomic E-state index is -2.11. The van der Waals surface area contributed by atoms with E-state index in [1.807, 2.05) is 18.2 Å². The number of hydrogen-bond acceptors (Lipinski definition) is 4. The number of carbonyl (C=O) groups excluding carboxylic acids is 1. The fourth-order valence-corrected chi connectivity index (χ4v) is 9.63. The number of hydrogen-bond donors (Lipinski definition) is 1. The minimum Gasteiger partial charge on any atom is -0.413 e. The predicted molar refractivity (Wildman–Crippen MR) is 214 cm³/mol. The van der Waals surface area contributed by atoms with E-state index >= 15 is 0 Å². The van der Waals surface area contributed by atoms with Gasteiger partial charge in [-0.15, -0.1) is 0 Å². The summed E-state index contributed by atoms with van der Waals surface area (Å²) in [6.45, 7) is 40.1. The van der Waals surface area contributed by atoms with Crippen molar-refractivity contribution in [1.29, 1.82) is 0 Å². The van der Waals surface area contributed by atoms with Gasteiger partial charge in [0.15, 0.2) is 22.4 Å². The number of ketones is 1. The summed E-state index contributed by atoms with van der Waals surface area (Å²) in [7, 11) is -4.18. The molecular formula is C42H78O4Si2. The molecule has 1 rings (SSSR count). The smallest absolute Gasteiger partial charge is 0.192 e. The average molecular weight is 703 g/mol. The average Bonchev–Trinajstić information content (AvgIpc) is 3.46. The molecule has 1 aliphatic rings. The molecule has 278 valence electrons. The van der Waals surface area contributed by atoms with Crippen LogP contribution in [0.2, 0.25) is 36.3 Å². The number of aliphatic hydroxyl groups is 1. The number of allylic oxidation sites excluding steroid dienone is 4. The summed E-state index contributed by atoms with van der Waals surface area (Å²) in [6, 6.07) is 0. The van der Waals surface area contributed by atoms with Gasteiger partial charge >= 0.3 is 0 Å². The van der Waals surface area contributed by atoms with E-state index < -0.39 is 22.7 Å². The van der Waals surface area contributed by atoms with Gasteiger partial charge in [-0.05, 0) is 79.4 Å². The lowest BCUT2D eigenvalue weighted by Gasteiger charge is -2.44. The molecule has 4 nitrogen and oxygen atoms in total. The van der Waals surface area contributed by atoms with Crippen molar-refractivity contribution in [3.05, 3.63) is 48.6 Å². The largest absolute Gasteiger partial charge is 0.413 e. The van der Waals surface area contributed by atoms with Crippen LogP contribution in [-0.2, 0) is 13.6 Å². The molecule has 0 unspecified atom stereocenters. The molecule has 0 aromatic heterocycles. The summed E-state index contributed by atoms with van der Waals surface area (Å²) in [5.74, 6) is 1.27. The lowest BCUT2D eigenvalue weighted by Crippen LogP contribution is -2.49. The van der Waals surface area contributed by atoms with Gasteiger partial charge in [0.2, 0.25) is 0 Å². The molecule has 0 spiro atoms. The maximum absolute atomic E-state index is 12.9. The van der Waals surface area contributed by atoms with Gasteiger partial charge in [-0.2, -0.15) is 0 Å². The zero-order valence-corrected chi connectivity index (χ0v) is 36.3. The zero-order valence-electron chi connectivity index (χ0n) is 34.3. The molecule has 8 atom stereocenters. The van der Waals surface area contributed by atoms with Crippen LogP contribution in [0.4, 0.5) is 0 Å². The third-order valence-corrected chi connectivity index (χ3v) is 20.9. The van der Waals surface area contributed by atoms with Gasteiger partial charge in [-0.3, -0.25) is 4.79 Å². The van der Waals surface area contributed by atoms with E-state index in [9.17, 15) is 9.90 Å². The predicted octanol–water partition coefficient (Wildman–Crippen LogP) is 12.1. The summed E-state index contributed by atoms with van der Waals surface area (Å²) >= 11 is 0. The van der Waals surface area contributed by atoms with Gasteiger partial charge in [0, 0.05) is 18.3 Å². The Kier molecular flexibility index (Phi) is 17.8. The second-order valence-corrected chi connectivity index (χ2v) is 28.1. The van der Waals surface area contributed by atoms with Gasteiger partial charge in [-0.25, -0.2) is 0 Å². The highest BCUT2D eigenvalue weighted by molar-refractivity contribution is 6.74. The van der Waals surface area contributed by atoms with Crippen LogP contribution in [0.15, 0.2) is 48.6 Å². The lowest BCUT2D eigenvalue weighted by molar-refractivity contribution is -0.115. The topological polar surface area (TPSA) is 55.8 Å². The Hall–Kier alpha value is -1.06. The van der Waals surface area contributed by atoms with Crippen LogP contribution in [-0.4, -0.2) is 45.8 Å². The highest BCUT2D eigenvalue weighted by Crippen LogP contribution is 2.42. The quantitative estimate of drug-likeness (QED) is 0.0630. The van der Waals surface area contributed by atoms with Crippen LogP contribution in [0.1, 0.15) is 122 Å². The van der Waals surface area contributed by atoms with Crippen molar-refractivity contribution in [2.75, 3.05) is 0 Å². The van der Waals surface area contributed by atoms with Crippen molar-refractivity contribution < 1.29 is 18.8 Å². The van der Waals surface area contributed by atoms with Crippen molar-refractivity contribution in [2.24, 2.45) is 35.5 Å². The van der Waals surface area contributed by atoms with Crippen molar-refractivity contribution in [3.63, 3.8) is 0 Å². The molecule has 1 N–H and O–H groups in total. The van der Waals surface area contributed by atoms with E-state index in [-0.39, 0.29) is 57.7 Å². The van der Waals surface area contributed by atoms with Gasteiger partial charge in [0.25, 0.3) is 0 Å². The van der Waals surface area contributed by atoms with E-state index in [1.54, 1.807) is 6.08 Å². The van der Waals surface area contributed by atoms with Crippen molar-refractivity contribution >= 4 is 22.4 Å². The number of carbonyl (C=O) groups is 1. The number of aliphatic hydroxyl groups excluding tert-OH is 1. The first-order valence-corrected chi connectivity index (χ1v) is 24.9. The monoisotopic (exact) mass is 703 g/mol.